The number of carbonyl (C=O) groups excluding carboxylic acids is 2. The Bertz CT molecular complexity index is 1310. The van der Waals surface area contributed by atoms with Gasteiger partial charge in [-0.15, -0.1) is 0 Å². The van der Waals surface area contributed by atoms with Crippen LogP contribution in [0.4, 0.5) is 11.4 Å². The first kappa shape index (κ1) is 23.8. The third kappa shape index (κ3) is 4.93. The molecular weight excluding hydrogens is 474 g/mol. The summed E-state index contributed by atoms with van der Waals surface area (Å²) in [5, 5.41) is 2.94. The van der Waals surface area contributed by atoms with Crippen LogP contribution in [0.15, 0.2) is 77.7 Å². The third-order valence-electron chi connectivity index (χ3n) is 5.74. The summed E-state index contributed by atoms with van der Waals surface area (Å²) in [5.41, 5.74) is 2.25. The molecule has 7 nitrogen and oxygen atoms in total. The largest absolute Gasteiger partial charge is 0.348 e. The second-order valence-corrected chi connectivity index (χ2v) is 10.3. The Morgan fingerprint density at radius 3 is 2.41 bits per heavy atom. The molecule has 1 fully saturated rings. The van der Waals surface area contributed by atoms with Crippen molar-refractivity contribution in [2.45, 2.75) is 24.3 Å². The number of rotatable bonds is 7. The Morgan fingerprint density at radius 2 is 1.76 bits per heavy atom. The Kier molecular flexibility index (Phi) is 6.90. The molecule has 1 saturated heterocycles. The monoisotopic (exact) mass is 497 g/mol. The summed E-state index contributed by atoms with van der Waals surface area (Å²) in [6, 6.07) is 20.1. The van der Waals surface area contributed by atoms with E-state index in [0.29, 0.717) is 18.7 Å². The summed E-state index contributed by atoms with van der Waals surface area (Å²) in [6.07, 6.45) is 1.42. The molecule has 2 amide bonds. The molecule has 0 radical (unpaired) electrons. The highest BCUT2D eigenvalue weighted by atomic mass is 35.5. The number of sulfonamides is 1. The van der Waals surface area contributed by atoms with Crippen molar-refractivity contribution in [3.05, 3.63) is 88.9 Å². The molecule has 0 unspecified atom stereocenters. The fourth-order valence-corrected chi connectivity index (χ4v) is 5.19. The van der Waals surface area contributed by atoms with Crippen molar-refractivity contribution >= 4 is 44.8 Å². The predicted molar refractivity (Wildman–Crippen MR) is 133 cm³/mol. The SMILES string of the molecule is CN(c1ccccc1)S(=O)(=O)c1ccc(Cl)c(C(=O)NCc2ccc(N3CCCC3=O)cc2)c1. The van der Waals surface area contributed by atoms with Gasteiger partial charge in [0.2, 0.25) is 5.91 Å². The highest BCUT2D eigenvalue weighted by Gasteiger charge is 2.24. The van der Waals surface area contributed by atoms with E-state index in [1.807, 2.05) is 24.3 Å². The molecule has 1 aliphatic heterocycles. The number of hydrogen-bond donors (Lipinski definition) is 1. The van der Waals surface area contributed by atoms with Crippen molar-refractivity contribution in [2.24, 2.45) is 0 Å². The van der Waals surface area contributed by atoms with E-state index < -0.39 is 15.9 Å². The molecule has 0 saturated carbocycles. The fraction of sp³-hybridized carbons (Fsp3) is 0.200. The molecule has 0 bridgehead atoms. The zero-order valence-corrected chi connectivity index (χ0v) is 20.1. The van der Waals surface area contributed by atoms with Crippen LogP contribution in [0.5, 0.6) is 0 Å². The normalized spacial score (nSPS) is 13.7. The van der Waals surface area contributed by atoms with E-state index in [0.717, 1.165) is 22.0 Å². The zero-order chi connectivity index (χ0) is 24.3. The summed E-state index contributed by atoms with van der Waals surface area (Å²) >= 11 is 6.22. The minimum absolute atomic E-state index is 0.0342. The molecule has 4 rings (SSSR count). The van der Waals surface area contributed by atoms with Gasteiger partial charge in [0.25, 0.3) is 15.9 Å². The second kappa shape index (κ2) is 9.87. The van der Waals surface area contributed by atoms with Crippen LogP contribution in [0.1, 0.15) is 28.8 Å². The number of amides is 2. The average Bonchev–Trinajstić information content (AvgIpc) is 3.28. The molecule has 9 heteroatoms. The van der Waals surface area contributed by atoms with E-state index in [2.05, 4.69) is 5.32 Å². The van der Waals surface area contributed by atoms with Crippen molar-refractivity contribution in [1.29, 1.82) is 0 Å². The van der Waals surface area contributed by atoms with Crippen LogP contribution in [0.2, 0.25) is 5.02 Å². The van der Waals surface area contributed by atoms with Gasteiger partial charge in [-0.05, 0) is 54.4 Å². The van der Waals surface area contributed by atoms with Crippen molar-refractivity contribution in [1.82, 2.24) is 5.32 Å². The number of carbonyl (C=O) groups is 2. The first-order valence-corrected chi connectivity index (χ1v) is 12.6. The van der Waals surface area contributed by atoms with Gasteiger partial charge < -0.3 is 10.2 Å². The molecule has 1 heterocycles. The van der Waals surface area contributed by atoms with E-state index >= 15 is 0 Å². The number of hydrogen-bond acceptors (Lipinski definition) is 4. The lowest BCUT2D eigenvalue weighted by Gasteiger charge is -2.20. The molecule has 3 aromatic rings. The number of halogens is 1. The Morgan fingerprint density at radius 1 is 1.06 bits per heavy atom. The van der Waals surface area contributed by atoms with E-state index in [4.69, 9.17) is 11.6 Å². The molecule has 34 heavy (non-hydrogen) atoms. The maximum absolute atomic E-state index is 13.1. The minimum Gasteiger partial charge on any atom is -0.348 e. The molecule has 0 aromatic heterocycles. The van der Waals surface area contributed by atoms with Crippen LogP contribution in [-0.2, 0) is 21.4 Å². The molecule has 176 valence electrons. The Labute approximate surface area is 204 Å². The maximum atomic E-state index is 13.1. The van der Waals surface area contributed by atoms with Gasteiger partial charge in [-0.3, -0.25) is 13.9 Å². The first-order chi connectivity index (χ1) is 16.3. The van der Waals surface area contributed by atoms with Gasteiger partial charge in [-0.1, -0.05) is 41.9 Å². The summed E-state index contributed by atoms with van der Waals surface area (Å²) < 4.78 is 27.3. The van der Waals surface area contributed by atoms with Crippen molar-refractivity contribution in [2.75, 3.05) is 22.8 Å². The Balaban J connectivity index is 1.47. The number of para-hydroxylation sites is 1. The molecule has 0 atom stereocenters. The van der Waals surface area contributed by atoms with Crippen molar-refractivity contribution < 1.29 is 18.0 Å². The van der Waals surface area contributed by atoms with Crippen LogP contribution >= 0.6 is 11.6 Å². The molecule has 1 N–H and O–H groups in total. The number of benzene rings is 3. The van der Waals surface area contributed by atoms with Gasteiger partial charge in [0, 0.05) is 32.2 Å². The molecule has 3 aromatic carbocycles. The van der Waals surface area contributed by atoms with E-state index in [1.165, 1.54) is 25.2 Å². The number of nitrogens with one attached hydrogen (secondary N) is 1. The summed E-state index contributed by atoms with van der Waals surface area (Å²) in [5.74, 6) is -0.369. The van der Waals surface area contributed by atoms with Crippen LogP contribution in [-0.4, -0.2) is 33.8 Å². The first-order valence-electron chi connectivity index (χ1n) is 10.8. The highest BCUT2D eigenvalue weighted by Crippen LogP contribution is 2.26. The molecule has 0 spiro atoms. The van der Waals surface area contributed by atoms with Crippen LogP contribution in [0.3, 0.4) is 0 Å². The maximum Gasteiger partial charge on any atom is 0.264 e. The van der Waals surface area contributed by atoms with E-state index in [9.17, 15) is 18.0 Å². The Hall–Kier alpha value is -3.36. The minimum atomic E-state index is -3.89. The molecular formula is C25H24ClN3O4S. The highest BCUT2D eigenvalue weighted by molar-refractivity contribution is 7.92. The lowest BCUT2D eigenvalue weighted by molar-refractivity contribution is -0.117. The lowest BCUT2D eigenvalue weighted by Crippen LogP contribution is -2.27. The van der Waals surface area contributed by atoms with Gasteiger partial charge in [0.05, 0.1) is 21.2 Å². The van der Waals surface area contributed by atoms with Crippen LogP contribution in [0, 0.1) is 0 Å². The van der Waals surface area contributed by atoms with Gasteiger partial charge in [-0.25, -0.2) is 8.42 Å². The smallest absolute Gasteiger partial charge is 0.264 e. The van der Waals surface area contributed by atoms with Gasteiger partial charge in [0.1, 0.15) is 0 Å². The summed E-state index contributed by atoms with van der Waals surface area (Å²) in [4.78, 5) is 26.4. The third-order valence-corrected chi connectivity index (χ3v) is 7.85. The quantitative estimate of drug-likeness (QED) is 0.529. The summed E-state index contributed by atoms with van der Waals surface area (Å²) in [7, 11) is -2.43. The van der Waals surface area contributed by atoms with E-state index in [1.54, 1.807) is 35.2 Å². The lowest BCUT2D eigenvalue weighted by atomic mass is 10.1. The molecule has 1 aliphatic rings. The number of nitrogens with zero attached hydrogens (tertiary/aromatic N) is 2. The standard InChI is InChI=1S/C25H24ClN3O4S/c1-28(19-6-3-2-4-7-19)34(32,33)21-13-14-23(26)22(16-21)25(31)27-17-18-9-11-20(12-10-18)29-15-5-8-24(29)30/h2-4,6-7,9-14,16H,5,8,15,17H2,1H3,(H,27,31). The zero-order valence-electron chi connectivity index (χ0n) is 18.6. The second-order valence-electron chi connectivity index (χ2n) is 7.95. The van der Waals surface area contributed by atoms with Crippen LogP contribution in [0.25, 0.3) is 0 Å². The van der Waals surface area contributed by atoms with Gasteiger partial charge in [-0.2, -0.15) is 0 Å². The van der Waals surface area contributed by atoms with Crippen molar-refractivity contribution in [3.8, 4) is 0 Å². The van der Waals surface area contributed by atoms with Gasteiger partial charge >= 0.3 is 0 Å². The number of anilines is 2. The van der Waals surface area contributed by atoms with E-state index in [-0.39, 0.29) is 27.9 Å². The average molecular weight is 498 g/mol. The summed E-state index contributed by atoms with van der Waals surface area (Å²) in [6.45, 7) is 0.941. The topological polar surface area (TPSA) is 86.8 Å². The van der Waals surface area contributed by atoms with Gasteiger partial charge in [0.15, 0.2) is 0 Å². The predicted octanol–water partition coefficient (Wildman–Crippen LogP) is 4.22. The van der Waals surface area contributed by atoms with Crippen LogP contribution < -0.4 is 14.5 Å². The molecule has 0 aliphatic carbocycles. The fourth-order valence-electron chi connectivity index (χ4n) is 3.77. The van der Waals surface area contributed by atoms with Crippen molar-refractivity contribution in [3.63, 3.8) is 0 Å².